The van der Waals surface area contributed by atoms with E-state index in [1.54, 1.807) is 17.9 Å². The molecule has 1 N–H and O–H groups in total. The van der Waals surface area contributed by atoms with E-state index in [2.05, 4.69) is 15.2 Å². The first-order valence-electron chi connectivity index (χ1n) is 13.2. The average Bonchev–Trinajstić information content (AvgIpc) is 3.70. The molecule has 0 fully saturated rings. The molecule has 12 heteroatoms. The lowest BCUT2D eigenvalue weighted by Crippen LogP contribution is -2.38. The molecule has 1 unspecified atom stereocenters. The third-order valence-electron chi connectivity index (χ3n) is 7.73. The second-order valence-corrected chi connectivity index (χ2v) is 9.97. The number of nitrogens with zero attached hydrogens (tertiary/aromatic N) is 4. The van der Waals surface area contributed by atoms with Gasteiger partial charge in [0.1, 0.15) is 11.7 Å². The number of methoxy groups -OCH3 is 3. The number of rotatable bonds is 9. The van der Waals surface area contributed by atoms with Gasteiger partial charge in [-0.05, 0) is 30.5 Å². The zero-order chi connectivity index (χ0) is 28.0. The maximum absolute atomic E-state index is 13.3. The van der Waals surface area contributed by atoms with Crippen molar-refractivity contribution in [3.8, 4) is 28.7 Å². The molecule has 212 valence electrons. The molecule has 0 saturated heterocycles. The van der Waals surface area contributed by atoms with E-state index in [-0.39, 0.29) is 6.79 Å². The van der Waals surface area contributed by atoms with Crippen LogP contribution in [-0.2, 0) is 24.2 Å². The van der Waals surface area contributed by atoms with Crippen molar-refractivity contribution in [2.24, 2.45) is 0 Å². The highest BCUT2D eigenvalue weighted by Crippen LogP contribution is 2.55. The number of carbonyl (C=O) groups is 1. The molecule has 3 aliphatic rings. The Morgan fingerprint density at radius 2 is 1.98 bits per heavy atom. The lowest BCUT2D eigenvalue weighted by atomic mass is 9.85. The first-order valence-corrected chi connectivity index (χ1v) is 13.2. The van der Waals surface area contributed by atoms with Crippen LogP contribution >= 0.6 is 0 Å². The van der Waals surface area contributed by atoms with Crippen LogP contribution in [0.2, 0.25) is 0 Å². The second kappa shape index (κ2) is 10.5. The van der Waals surface area contributed by atoms with Crippen LogP contribution in [0.25, 0.3) is 0 Å². The summed E-state index contributed by atoms with van der Waals surface area (Å²) in [6.07, 6.45) is 1.99. The van der Waals surface area contributed by atoms with Crippen molar-refractivity contribution in [3.63, 3.8) is 0 Å². The number of benzene rings is 2. The Labute approximate surface area is 231 Å². The Bertz CT molecular complexity index is 1440. The topological polar surface area (TPSA) is 127 Å². The summed E-state index contributed by atoms with van der Waals surface area (Å²) in [5, 5.41) is 18.6. The second-order valence-electron chi connectivity index (χ2n) is 9.97. The molecule has 0 spiro atoms. The van der Waals surface area contributed by atoms with Gasteiger partial charge in [-0.2, -0.15) is 0 Å². The van der Waals surface area contributed by atoms with E-state index < -0.39 is 24.2 Å². The van der Waals surface area contributed by atoms with Gasteiger partial charge in [-0.15, -0.1) is 5.10 Å². The molecule has 40 heavy (non-hydrogen) atoms. The summed E-state index contributed by atoms with van der Waals surface area (Å²) in [4.78, 5) is 15.5. The summed E-state index contributed by atoms with van der Waals surface area (Å²) in [5.41, 5.74) is 3.67. The van der Waals surface area contributed by atoms with Crippen molar-refractivity contribution in [1.82, 2.24) is 19.9 Å². The Morgan fingerprint density at radius 3 is 2.73 bits per heavy atom. The highest BCUT2D eigenvalue weighted by molar-refractivity contribution is 5.98. The van der Waals surface area contributed by atoms with E-state index in [9.17, 15) is 9.90 Å². The first-order chi connectivity index (χ1) is 19.5. The molecule has 3 aliphatic heterocycles. The molecule has 12 nitrogen and oxygen atoms in total. The molecule has 0 radical (unpaired) electrons. The molecule has 0 saturated carbocycles. The minimum Gasteiger partial charge on any atom is -0.493 e. The van der Waals surface area contributed by atoms with Gasteiger partial charge in [0.05, 0.1) is 45.7 Å². The number of esters is 1. The quantitative estimate of drug-likeness (QED) is 0.394. The Balaban J connectivity index is 1.45. The van der Waals surface area contributed by atoms with Crippen LogP contribution in [0.4, 0.5) is 0 Å². The van der Waals surface area contributed by atoms with Crippen LogP contribution in [0.5, 0.6) is 28.7 Å². The predicted molar refractivity (Wildman–Crippen MR) is 140 cm³/mol. The largest absolute Gasteiger partial charge is 0.493 e. The van der Waals surface area contributed by atoms with Gasteiger partial charge in [-0.1, -0.05) is 18.2 Å². The van der Waals surface area contributed by atoms with Gasteiger partial charge in [-0.25, -0.2) is 9.48 Å². The number of fused-ring (bicyclic) bond motifs is 3. The van der Waals surface area contributed by atoms with Crippen LogP contribution in [0.15, 0.2) is 24.4 Å². The molecule has 3 atom stereocenters. The Hall–Kier alpha value is -4.03. The molecule has 6 rings (SSSR count). The average molecular weight is 553 g/mol. The Morgan fingerprint density at radius 1 is 1.15 bits per heavy atom. The summed E-state index contributed by atoms with van der Waals surface area (Å²) in [6.45, 7) is 3.47. The van der Waals surface area contributed by atoms with Gasteiger partial charge in [0.25, 0.3) is 0 Å². The van der Waals surface area contributed by atoms with Gasteiger partial charge in [0.2, 0.25) is 12.5 Å². The smallest absolute Gasteiger partial charge is 0.343 e. The number of cyclic esters (lactones) is 1. The van der Waals surface area contributed by atoms with Gasteiger partial charge < -0.3 is 33.5 Å². The molecule has 0 aliphatic carbocycles. The first kappa shape index (κ1) is 26.2. The Kier molecular flexibility index (Phi) is 6.88. The van der Waals surface area contributed by atoms with E-state index in [4.69, 9.17) is 28.4 Å². The SMILES string of the molecule is CCC(O)Cn1cc(CN2CCc3cc4c(c(OC)c3[C@@H]2[C@H]2OC(=O)c3c2ccc(OC)c3OC)OCO4)nn1. The summed E-state index contributed by atoms with van der Waals surface area (Å²) in [6, 6.07) is 5.17. The lowest BCUT2D eigenvalue weighted by Gasteiger charge is -2.40. The fourth-order valence-electron chi connectivity index (χ4n) is 5.83. The molecule has 1 aromatic heterocycles. The summed E-state index contributed by atoms with van der Waals surface area (Å²) in [5.74, 6) is 2.03. The van der Waals surface area contributed by atoms with Crippen LogP contribution < -0.4 is 23.7 Å². The van der Waals surface area contributed by atoms with Crippen LogP contribution in [-0.4, -0.2) is 71.7 Å². The molecule has 2 aromatic carbocycles. The fourth-order valence-corrected chi connectivity index (χ4v) is 5.83. The summed E-state index contributed by atoms with van der Waals surface area (Å²) < 4.78 is 36.2. The van der Waals surface area contributed by atoms with Crippen molar-refractivity contribution in [2.75, 3.05) is 34.7 Å². The van der Waals surface area contributed by atoms with Gasteiger partial charge in [-0.3, -0.25) is 4.90 Å². The third kappa shape index (κ3) is 4.27. The number of aromatic nitrogens is 3. The molecular weight excluding hydrogens is 520 g/mol. The van der Waals surface area contributed by atoms with Gasteiger partial charge in [0.15, 0.2) is 23.0 Å². The monoisotopic (exact) mass is 552 g/mol. The third-order valence-corrected chi connectivity index (χ3v) is 7.73. The van der Waals surface area contributed by atoms with Crippen molar-refractivity contribution in [2.45, 2.75) is 51.1 Å². The zero-order valence-corrected chi connectivity index (χ0v) is 22.9. The molecule has 0 bridgehead atoms. The van der Waals surface area contributed by atoms with Gasteiger partial charge in [0, 0.05) is 30.4 Å². The lowest BCUT2D eigenvalue weighted by molar-refractivity contribution is 0.000234. The number of ether oxygens (including phenoxy) is 6. The zero-order valence-electron chi connectivity index (χ0n) is 22.9. The van der Waals surface area contributed by atoms with E-state index >= 15 is 0 Å². The fraction of sp³-hybridized carbons (Fsp3) is 0.464. The van der Waals surface area contributed by atoms with Crippen LogP contribution in [0.3, 0.4) is 0 Å². The van der Waals surface area contributed by atoms with Crippen molar-refractivity contribution < 1.29 is 38.3 Å². The molecular formula is C28H32N4O8. The van der Waals surface area contributed by atoms with Crippen molar-refractivity contribution in [1.29, 1.82) is 0 Å². The van der Waals surface area contributed by atoms with Crippen molar-refractivity contribution >= 4 is 5.97 Å². The molecule has 3 aromatic rings. The highest BCUT2D eigenvalue weighted by Gasteiger charge is 2.47. The molecule has 0 amide bonds. The van der Waals surface area contributed by atoms with E-state index in [1.165, 1.54) is 14.2 Å². The number of carbonyl (C=O) groups excluding carboxylic acids is 1. The van der Waals surface area contributed by atoms with Crippen LogP contribution in [0, 0.1) is 0 Å². The predicted octanol–water partition coefficient (Wildman–Crippen LogP) is 2.81. The van der Waals surface area contributed by atoms with E-state index in [0.29, 0.717) is 72.4 Å². The summed E-state index contributed by atoms with van der Waals surface area (Å²) in [7, 11) is 4.63. The standard InChI is InChI=1S/C28H32N4O8/c1-5-17(33)13-32-12-16(29-30-32)11-31-9-8-15-10-20-26(39-14-38-20)27(37-4)21(15)23(31)24-18-6-7-19(35-2)25(36-3)22(18)28(34)40-24/h6-7,10,12,17,23-24,33H,5,8-9,11,13-14H2,1-4H3/t17?,23-,24+/m1/s1. The van der Waals surface area contributed by atoms with E-state index in [0.717, 1.165) is 16.8 Å². The van der Waals surface area contributed by atoms with Crippen LogP contribution in [0.1, 0.15) is 58.2 Å². The maximum Gasteiger partial charge on any atom is 0.343 e. The number of aliphatic hydroxyl groups excluding tert-OH is 1. The maximum atomic E-state index is 13.3. The number of hydrogen-bond donors (Lipinski definition) is 1. The number of aliphatic hydroxyl groups is 1. The minimum absolute atomic E-state index is 0.105. The normalized spacial score (nSPS) is 20.1. The highest BCUT2D eigenvalue weighted by atomic mass is 16.7. The molecule has 4 heterocycles. The minimum atomic E-state index is -0.674. The van der Waals surface area contributed by atoms with E-state index in [1.807, 2.05) is 25.3 Å². The van der Waals surface area contributed by atoms with Crippen molar-refractivity contribution in [3.05, 3.63) is 52.3 Å². The van der Waals surface area contributed by atoms with Gasteiger partial charge >= 0.3 is 5.97 Å². The number of hydrogen-bond acceptors (Lipinski definition) is 11. The summed E-state index contributed by atoms with van der Waals surface area (Å²) >= 11 is 0.